The van der Waals surface area contributed by atoms with Gasteiger partial charge in [0, 0.05) is 6.92 Å². The van der Waals surface area contributed by atoms with Gasteiger partial charge in [-0.3, -0.25) is 9.59 Å². The zero-order valence-corrected chi connectivity index (χ0v) is 10.5. The van der Waals surface area contributed by atoms with Crippen LogP contribution in [0.1, 0.15) is 13.8 Å². The molecule has 1 rings (SSSR count). The summed E-state index contributed by atoms with van der Waals surface area (Å²) in [5.74, 6) is -3.29. The molecule has 1 aliphatic rings. The minimum absolute atomic E-state index is 0.919. The lowest BCUT2D eigenvalue weighted by Crippen LogP contribution is -2.63. The summed E-state index contributed by atoms with van der Waals surface area (Å²) in [7, 11) is 0. The van der Waals surface area contributed by atoms with E-state index in [2.05, 4.69) is 9.47 Å². The van der Waals surface area contributed by atoms with Crippen molar-refractivity contribution in [1.82, 2.24) is 5.32 Å². The van der Waals surface area contributed by atoms with Crippen molar-refractivity contribution in [2.45, 2.75) is 50.7 Å². The van der Waals surface area contributed by atoms with Crippen LogP contribution >= 0.6 is 0 Å². The maximum Gasteiger partial charge on any atom is 0.471 e. The molecular weight excluding hydrogens is 290 g/mol. The average Bonchev–Trinajstić information content (AvgIpc) is 2.28. The fraction of sp³-hybridized carbons (Fsp3) is 0.800. The number of esters is 1. The number of hydrogen-bond donors (Lipinski definition) is 2. The van der Waals surface area contributed by atoms with Gasteiger partial charge < -0.3 is 19.9 Å². The number of nitrogens with one attached hydrogen (secondary N) is 1. The fourth-order valence-corrected chi connectivity index (χ4v) is 1.77. The smallest absolute Gasteiger partial charge is 0.457 e. The minimum Gasteiger partial charge on any atom is -0.457 e. The first-order chi connectivity index (χ1) is 9.04. The van der Waals surface area contributed by atoms with E-state index >= 15 is 0 Å². The summed E-state index contributed by atoms with van der Waals surface area (Å²) in [4.78, 5) is 21.7. The number of aliphatic hydroxyl groups is 1. The van der Waals surface area contributed by atoms with E-state index < -0.39 is 48.8 Å². The SMILES string of the molecule is CC(=O)O[C@H]1[C@@H](F)[C@@H](O)O[C@@H](C)[C@H]1NC(=O)C(F)(F)F. The Morgan fingerprint density at radius 3 is 2.35 bits per heavy atom. The van der Waals surface area contributed by atoms with Gasteiger partial charge in [0.1, 0.15) is 0 Å². The summed E-state index contributed by atoms with van der Waals surface area (Å²) in [5, 5.41) is 10.7. The van der Waals surface area contributed by atoms with E-state index in [9.17, 15) is 32.3 Å². The predicted octanol–water partition coefficient (Wildman–Crippen LogP) is 0.0404. The van der Waals surface area contributed by atoms with Gasteiger partial charge in [-0.25, -0.2) is 4.39 Å². The summed E-state index contributed by atoms with van der Waals surface area (Å²) >= 11 is 0. The molecule has 0 aromatic heterocycles. The monoisotopic (exact) mass is 303 g/mol. The van der Waals surface area contributed by atoms with Crippen LogP contribution < -0.4 is 5.32 Å². The third-order valence-corrected chi connectivity index (χ3v) is 2.66. The molecule has 1 aliphatic heterocycles. The zero-order valence-electron chi connectivity index (χ0n) is 10.5. The second-order valence-corrected chi connectivity index (χ2v) is 4.25. The predicted molar refractivity (Wildman–Crippen MR) is 55.0 cm³/mol. The Kier molecular flexibility index (Phi) is 4.92. The number of carbonyl (C=O) groups excluding carboxylic acids is 2. The maximum atomic E-state index is 13.7. The quantitative estimate of drug-likeness (QED) is 0.556. The average molecular weight is 303 g/mol. The molecule has 1 saturated heterocycles. The van der Waals surface area contributed by atoms with Gasteiger partial charge in [-0.2, -0.15) is 13.2 Å². The molecule has 116 valence electrons. The maximum absolute atomic E-state index is 13.7. The summed E-state index contributed by atoms with van der Waals surface area (Å²) in [5.41, 5.74) is 0. The Morgan fingerprint density at radius 1 is 1.35 bits per heavy atom. The van der Waals surface area contributed by atoms with Crippen molar-refractivity contribution in [2.75, 3.05) is 0 Å². The molecular formula is C10H13F4NO5. The second kappa shape index (κ2) is 5.92. The number of halogens is 4. The van der Waals surface area contributed by atoms with Crippen LogP contribution in [0.4, 0.5) is 17.6 Å². The van der Waals surface area contributed by atoms with Gasteiger partial charge in [-0.05, 0) is 6.92 Å². The molecule has 20 heavy (non-hydrogen) atoms. The largest absolute Gasteiger partial charge is 0.471 e. The number of carbonyl (C=O) groups is 2. The summed E-state index contributed by atoms with van der Waals surface area (Å²) in [6.45, 7) is 2.12. The van der Waals surface area contributed by atoms with Gasteiger partial charge in [0.2, 0.25) is 0 Å². The highest BCUT2D eigenvalue weighted by Gasteiger charge is 2.50. The number of ether oxygens (including phenoxy) is 2. The number of aliphatic hydroxyl groups excluding tert-OH is 1. The number of rotatable bonds is 2. The topological polar surface area (TPSA) is 84.9 Å². The van der Waals surface area contributed by atoms with E-state index in [1.54, 1.807) is 0 Å². The van der Waals surface area contributed by atoms with Crippen LogP contribution in [0.2, 0.25) is 0 Å². The lowest BCUT2D eigenvalue weighted by molar-refractivity contribution is -0.242. The zero-order chi connectivity index (χ0) is 15.7. The van der Waals surface area contributed by atoms with Gasteiger partial charge in [0.25, 0.3) is 0 Å². The normalized spacial score (nSPS) is 34.5. The molecule has 1 fully saturated rings. The minimum atomic E-state index is -5.18. The molecule has 2 N–H and O–H groups in total. The summed E-state index contributed by atoms with van der Waals surface area (Å²) < 4.78 is 59.4. The van der Waals surface area contributed by atoms with E-state index in [-0.39, 0.29) is 0 Å². The first-order valence-electron chi connectivity index (χ1n) is 5.56. The van der Waals surface area contributed by atoms with Gasteiger partial charge in [-0.1, -0.05) is 0 Å². The van der Waals surface area contributed by atoms with Crippen molar-refractivity contribution in [3.63, 3.8) is 0 Å². The third-order valence-electron chi connectivity index (χ3n) is 2.66. The fourth-order valence-electron chi connectivity index (χ4n) is 1.77. The lowest BCUT2D eigenvalue weighted by atomic mass is 9.97. The Balaban J connectivity index is 2.92. The van der Waals surface area contributed by atoms with E-state index in [1.807, 2.05) is 0 Å². The molecule has 10 heteroatoms. The van der Waals surface area contributed by atoms with Crippen LogP contribution in [-0.4, -0.2) is 53.9 Å². The molecule has 0 bridgehead atoms. The molecule has 1 amide bonds. The molecule has 0 saturated carbocycles. The first kappa shape index (κ1) is 16.6. The highest BCUT2D eigenvalue weighted by molar-refractivity contribution is 5.82. The van der Waals surface area contributed by atoms with Crippen molar-refractivity contribution in [3.8, 4) is 0 Å². The van der Waals surface area contributed by atoms with Crippen molar-refractivity contribution in [1.29, 1.82) is 0 Å². The Hall–Kier alpha value is -1.42. The molecule has 6 nitrogen and oxygen atoms in total. The highest BCUT2D eigenvalue weighted by atomic mass is 19.4. The van der Waals surface area contributed by atoms with Crippen LogP contribution in [0.3, 0.4) is 0 Å². The Bertz CT molecular complexity index is 388. The van der Waals surface area contributed by atoms with Crippen molar-refractivity contribution < 1.29 is 41.7 Å². The van der Waals surface area contributed by atoms with Gasteiger partial charge in [0.15, 0.2) is 18.6 Å². The molecule has 0 aliphatic carbocycles. The van der Waals surface area contributed by atoms with Crippen LogP contribution in [0, 0.1) is 0 Å². The first-order valence-corrected chi connectivity index (χ1v) is 5.56. The van der Waals surface area contributed by atoms with E-state index in [0.717, 1.165) is 6.92 Å². The Labute approximate surface area is 111 Å². The molecule has 0 aromatic rings. The number of hydrogen-bond acceptors (Lipinski definition) is 5. The summed E-state index contributed by atoms with van der Waals surface area (Å²) in [6, 6.07) is -1.58. The van der Waals surface area contributed by atoms with Crippen LogP contribution in [0.15, 0.2) is 0 Å². The molecule has 0 unspecified atom stereocenters. The van der Waals surface area contributed by atoms with Crippen LogP contribution in [0.25, 0.3) is 0 Å². The van der Waals surface area contributed by atoms with E-state index in [1.165, 1.54) is 12.2 Å². The molecule has 5 atom stereocenters. The molecule has 0 aromatic carbocycles. The highest BCUT2D eigenvalue weighted by Crippen LogP contribution is 2.26. The lowest BCUT2D eigenvalue weighted by Gasteiger charge is -2.40. The standard InChI is InChI=1S/C10H13F4NO5/c1-3-6(15-9(18)10(12,13)14)7(20-4(2)16)5(11)8(17)19-3/h3,5-8,17H,1-2H3,(H,15,18)/t3-,5+,6+,7-,8-/m0/s1. The Morgan fingerprint density at radius 2 is 1.90 bits per heavy atom. The number of amides is 1. The molecule has 0 spiro atoms. The number of alkyl halides is 4. The van der Waals surface area contributed by atoms with Gasteiger partial charge >= 0.3 is 18.1 Å². The van der Waals surface area contributed by atoms with Gasteiger partial charge in [-0.15, -0.1) is 0 Å². The van der Waals surface area contributed by atoms with Gasteiger partial charge in [0.05, 0.1) is 12.1 Å². The second-order valence-electron chi connectivity index (χ2n) is 4.25. The summed E-state index contributed by atoms with van der Waals surface area (Å²) in [6.07, 6.45) is -12.4. The van der Waals surface area contributed by atoms with Crippen LogP contribution in [-0.2, 0) is 19.1 Å². The van der Waals surface area contributed by atoms with E-state index in [4.69, 9.17) is 0 Å². The molecule has 1 heterocycles. The van der Waals surface area contributed by atoms with Crippen molar-refractivity contribution >= 4 is 11.9 Å². The van der Waals surface area contributed by atoms with Crippen LogP contribution in [0.5, 0.6) is 0 Å². The van der Waals surface area contributed by atoms with Crippen molar-refractivity contribution in [2.24, 2.45) is 0 Å². The van der Waals surface area contributed by atoms with E-state index in [0.29, 0.717) is 0 Å². The van der Waals surface area contributed by atoms with Crippen molar-refractivity contribution in [3.05, 3.63) is 0 Å². The molecule has 0 radical (unpaired) electrons. The third kappa shape index (κ3) is 3.79.